The molecular formula is C13H13NO2. The van der Waals surface area contributed by atoms with Crippen LogP contribution in [0.4, 0.5) is 0 Å². The highest BCUT2D eigenvalue weighted by Gasteiger charge is 2.01. The van der Waals surface area contributed by atoms with E-state index in [-0.39, 0.29) is 5.56 Å². The van der Waals surface area contributed by atoms with Gasteiger partial charge in [-0.1, -0.05) is 18.7 Å². The monoisotopic (exact) mass is 215 g/mol. The van der Waals surface area contributed by atoms with E-state index in [9.17, 15) is 4.79 Å². The molecule has 16 heavy (non-hydrogen) atoms. The van der Waals surface area contributed by atoms with Crippen molar-refractivity contribution in [3.05, 3.63) is 53.0 Å². The van der Waals surface area contributed by atoms with E-state index >= 15 is 0 Å². The number of aromatic amines is 1. The Labute approximate surface area is 93.4 Å². The van der Waals surface area contributed by atoms with Crippen molar-refractivity contribution in [3.63, 3.8) is 0 Å². The Morgan fingerprint density at radius 3 is 2.94 bits per heavy atom. The second kappa shape index (κ2) is 4.23. The minimum absolute atomic E-state index is 0.105. The van der Waals surface area contributed by atoms with Crippen molar-refractivity contribution in [1.82, 2.24) is 4.98 Å². The Morgan fingerprint density at radius 2 is 2.19 bits per heavy atom. The minimum Gasteiger partial charge on any atom is -0.494 e. The predicted octanol–water partition coefficient (Wildman–Crippen LogP) is 2.54. The molecule has 0 bridgehead atoms. The van der Waals surface area contributed by atoms with Crippen molar-refractivity contribution in [2.75, 3.05) is 6.61 Å². The fraction of sp³-hybridized carbons (Fsp3) is 0.154. The van der Waals surface area contributed by atoms with E-state index in [1.807, 2.05) is 25.1 Å². The van der Waals surface area contributed by atoms with Crippen LogP contribution in [-0.4, -0.2) is 11.6 Å². The SMILES string of the molecule is C=C(OCC)c1ccc2c[nH]c(=O)cc2c1. The zero-order valence-electron chi connectivity index (χ0n) is 9.12. The third-order valence-corrected chi connectivity index (χ3v) is 2.38. The van der Waals surface area contributed by atoms with Crippen LogP contribution in [0.5, 0.6) is 0 Å². The fourth-order valence-corrected chi connectivity index (χ4v) is 1.59. The van der Waals surface area contributed by atoms with Crippen molar-refractivity contribution in [1.29, 1.82) is 0 Å². The molecule has 0 spiro atoms. The molecule has 0 fully saturated rings. The van der Waals surface area contributed by atoms with E-state index in [0.29, 0.717) is 12.4 Å². The van der Waals surface area contributed by atoms with Crippen LogP contribution in [0.1, 0.15) is 12.5 Å². The van der Waals surface area contributed by atoms with Gasteiger partial charge in [0.05, 0.1) is 6.61 Å². The molecule has 0 radical (unpaired) electrons. The Bertz CT molecular complexity index is 584. The summed E-state index contributed by atoms with van der Waals surface area (Å²) in [4.78, 5) is 13.8. The Kier molecular flexibility index (Phi) is 2.77. The first-order valence-electron chi connectivity index (χ1n) is 5.15. The summed E-state index contributed by atoms with van der Waals surface area (Å²) in [7, 11) is 0. The number of rotatable bonds is 3. The normalized spacial score (nSPS) is 10.3. The number of aromatic nitrogens is 1. The highest BCUT2D eigenvalue weighted by Crippen LogP contribution is 2.19. The molecule has 1 aromatic carbocycles. The second-order valence-electron chi connectivity index (χ2n) is 3.50. The van der Waals surface area contributed by atoms with Gasteiger partial charge in [-0.3, -0.25) is 4.79 Å². The summed E-state index contributed by atoms with van der Waals surface area (Å²) >= 11 is 0. The van der Waals surface area contributed by atoms with Crippen molar-refractivity contribution in [2.24, 2.45) is 0 Å². The molecule has 0 aliphatic carbocycles. The average Bonchev–Trinajstić information content (AvgIpc) is 2.28. The van der Waals surface area contributed by atoms with Gasteiger partial charge in [-0.2, -0.15) is 0 Å². The molecule has 0 saturated heterocycles. The summed E-state index contributed by atoms with van der Waals surface area (Å²) in [5, 5.41) is 1.88. The highest BCUT2D eigenvalue weighted by atomic mass is 16.5. The van der Waals surface area contributed by atoms with E-state index in [1.165, 1.54) is 0 Å². The predicted molar refractivity (Wildman–Crippen MR) is 65.2 cm³/mol. The van der Waals surface area contributed by atoms with E-state index in [4.69, 9.17) is 4.74 Å². The first kappa shape index (κ1) is 10.5. The van der Waals surface area contributed by atoms with Gasteiger partial charge in [0.25, 0.3) is 0 Å². The molecule has 82 valence electrons. The second-order valence-corrected chi connectivity index (χ2v) is 3.50. The van der Waals surface area contributed by atoms with Crippen molar-refractivity contribution in [2.45, 2.75) is 6.92 Å². The van der Waals surface area contributed by atoms with Crippen molar-refractivity contribution in [3.8, 4) is 0 Å². The molecule has 3 nitrogen and oxygen atoms in total. The number of hydrogen-bond donors (Lipinski definition) is 1. The Balaban J connectivity index is 2.50. The zero-order valence-corrected chi connectivity index (χ0v) is 9.12. The fourth-order valence-electron chi connectivity index (χ4n) is 1.59. The molecule has 1 N–H and O–H groups in total. The van der Waals surface area contributed by atoms with E-state index in [0.717, 1.165) is 16.3 Å². The molecule has 1 heterocycles. The molecular weight excluding hydrogens is 202 g/mol. The van der Waals surface area contributed by atoms with Gasteiger partial charge in [-0.05, 0) is 23.8 Å². The van der Waals surface area contributed by atoms with E-state index < -0.39 is 0 Å². The van der Waals surface area contributed by atoms with Crippen LogP contribution >= 0.6 is 0 Å². The maximum atomic E-state index is 11.2. The minimum atomic E-state index is -0.105. The van der Waals surface area contributed by atoms with E-state index in [2.05, 4.69) is 11.6 Å². The summed E-state index contributed by atoms with van der Waals surface area (Å²) in [6, 6.07) is 7.34. The summed E-state index contributed by atoms with van der Waals surface area (Å²) in [5.74, 6) is 0.629. The number of nitrogens with one attached hydrogen (secondary N) is 1. The number of benzene rings is 1. The van der Waals surface area contributed by atoms with Gasteiger partial charge in [-0.25, -0.2) is 0 Å². The highest BCUT2D eigenvalue weighted by molar-refractivity contribution is 5.84. The number of pyridine rings is 1. The van der Waals surface area contributed by atoms with Gasteiger partial charge in [0.15, 0.2) is 0 Å². The molecule has 1 aromatic heterocycles. The largest absolute Gasteiger partial charge is 0.494 e. The van der Waals surface area contributed by atoms with Crippen LogP contribution in [0.2, 0.25) is 0 Å². The summed E-state index contributed by atoms with van der Waals surface area (Å²) < 4.78 is 5.33. The molecule has 0 unspecified atom stereocenters. The van der Waals surface area contributed by atoms with Crippen LogP contribution < -0.4 is 5.56 Å². The molecule has 0 aliphatic rings. The average molecular weight is 215 g/mol. The lowest BCUT2D eigenvalue weighted by Crippen LogP contribution is -2.01. The summed E-state index contributed by atoms with van der Waals surface area (Å²) in [6.07, 6.45) is 1.70. The van der Waals surface area contributed by atoms with Crippen LogP contribution in [0.15, 0.2) is 41.8 Å². The van der Waals surface area contributed by atoms with Crippen LogP contribution in [0.25, 0.3) is 16.5 Å². The molecule has 0 atom stereocenters. The van der Waals surface area contributed by atoms with Gasteiger partial charge in [0.2, 0.25) is 5.56 Å². The van der Waals surface area contributed by atoms with Gasteiger partial charge in [-0.15, -0.1) is 0 Å². The van der Waals surface area contributed by atoms with Crippen LogP contribution in [-0.2, 0) is 4.74 Å². The first-order valence-corrected chi connectivity index (χ1v) is 5.15. The lowest BCUT2D eigenvalue weighted by Gasteiger charge is -2.07. The molecule has 3 heteroatoms. The number of fused-ring (bicyclic) bond motifs is 1. The third kappa shape index (κ3) is 1.98. The maximum Gasteiger partial charge on any atom is 0.248 e. The summed E-state index contributed by atoms with van der Waals surface area (Å²) in [6.45, 7) is 6.34. The van der Waals surface area contributed by atoms with Gasteiger partial charge < -0.3 is 9.72 Å². The number of hydrogen-bond acceptors (Lipinski definition) is 2. The molecule has 0 aliphatic heterocycles. The maximum absolute atomic E-state index is 11.2. The van der Waals surface area contributed by atoms with Crippen molar-refractivity contribution >= 4 is 16.5 Å². The first-order chi connectivity index (χ1) is 7.70. The molecule has 2 rings (SSSR count). The van der Waals surface area contributed by atoms with Crippen molar-refractivity contribution < 1.29 is 4.74 Å². The number of H-pyrrole nitrogens is 1. The Morgan fingerprint density at radius 1 is 1.38 bits per heavy atom. The van der Waals surface area contributed by atoms with Gasteiger partial charge in [0, 0.05) is 17.8 Å². The smallest absolute Gasteiger partial charge is 0.248 e. The lowest BCUT2D eigenvalue weighted by molar-refractivity contribution is 0.299. The van der Waals surface area contributed by atoms with Crippen LogP contribution in [0.3, 0.4) is 0 Å². The zero-order chi connectivity index (χ0) is 11.5. The van der Waals surface area contributed by atoms with E-state index in [1.54, 1.807) is 12.3 Å². The number of ether oxygens (including phenoxy) is 1. The molecule has 2 aromatic rings. The van der Waals surface area contributed by atoms with Gasteiger partial charge >= 0.3 is 0 Å². The van der Waals surface area contributed by atoms with Crippen LogP contribution in [0, 0.1) is 0 Å². The Hall–Kier alpha value is -2.03. The third-order valence-electron chi connectivity index (χ3n) is 2.38. The topological polar surface area (TPSA) is 42.1 Å². The molecule has 0 saturated carbocycles. The quantitative estimate of drug-likeness (QED) is 0.799. The summed E-state index contributed by atoms with van der Waals surface area (Å²) in [5.41, 5.74) is 0.798. The lowest BCUT2D eigenvalue weighted by atomic mass is 10.1. The molecule has 0 amide bonds. The standard InChI is InChI=1S/C13H13NO2/c1-3-16-9(2)10-4-5-11-8-14-13(15)7-12(11)6-10/h4-8H,2-3H2,1H3,(H,14,15). The van der Waals surface area contributed by atoms with Gasteiger partial charge in [0.1, 0.15) is 5.76 Å².